The van der Waals surface area contributed by atoms with Crippen LogP contribution in [0.4, 0.5) is 4.39 Å². The van der Waals surface area contributed by atoms with E-state index < -0.39 is 0 Å². The van der Waals surface area contributed by atoms with E-state index in [9.17, 15) is 4.39 Å². The normalized spacial score (nSPS) is 30.6. The molecule has 3 heteroatoms. The van der Waals surface area contributed by atoms with Crippen molar-refractivity contribution >= 4 is 0 Å². The van der Waals surface area contributed by atoms with Gasteiger partial charge in [-0.15, -0.1) is 0 Å². The molecule has 0 bridgehead atoms. The van der Waals surface area contributed by atoms with Gasteiger partial charge in [0.25, 0.3) is 0 Å². The van der Waals surface area contributed by atoms with Crippen molar-refractivity contribution in [1.29, 1.82) is 0 Å². The van der Waals surface area contributed by atoms with Gasteiger partial charge in [-0.1, -0.05) is 6.07 Å². The van der Waals surface area contributed by atoms with Crippen molar-refractivity contribution in [2.45, 2.75) is 51.6 Å². The number of aryl methyl sites for hydroxylation is 1. The van der Waals surface area contributed by atoms with Crippen LogP contribution in [-0.4, -0.2) is 36.1 Å². The standard InChI is InChI=1S/C18H27FN2/c1-13-10-17(19)7-4-15(13)8-9-21-12-18(3,16-5-6-16)20-11-14(21)2/h4,7,10,14,16,20H,5-6,8-9,11-12H2,1-3H3. The van der Waals surface area contributed by atoms with Gasteiger partial charge in [-0.3, -0.25) is 4.90 Å². The maximum absolute atomic E-state index is 13.2. The van der Waals surface area contributed by atoms with Crippen LogP contribution in [0.25, 0.3) is 0 Å². The molecule has 2 fully saturated rings. The summed E-state index contributed by atoms with van der Waals surface area (Å²) in [6.07, 6.45) is 3.77. The Morgan fingerprint density at radius 2 is 2.14 bits per heavy atom. The first-order valence-electron chi connectivity index (χ1n) is 8.22. The van der Waals surface area contributed by atoms with Gasteiger partial charge in [-0.05, 0) is 69.2 Å². The van der Waals surface area contributed by atoms with Gasteiger partial charge in [-0.2, -0.15) is 0 Å². The van der Waals surface area contributed by atoms with Gasteiger partial charge in [0.2, 0.25) is 0 Å². The van der Waals surface area contributed by atoms with Crippen molar-refractivity contribution in [1.82, 2.24) is 10.2 Å². The van der Waals surface area contributed by atoms with E-state index in [1.807, 2.05) is 13.0 Å². The fraction of sp³-hybridized carbons (Fsp3) is 0.667. The predicted octanol–water partition coefficient (Wildman–Crippen LogP) is 3.14. The lowest BCUT2D eigenvalue weighted by atomic mass is 9.91. The van der Waals surface area contributed by atoms with Gasteiger partial charge < -0.3 is 5.32 Å². The summed E-state index contributed by atoms with van der Waals surface area (Å²) in [5.74, 6) is 0.730. The summed E-state index contributed by atoms with van der Waals surface area (Å²) in [5.41, 5.74) is 2.64. The third kappa shape index (κ3) is 3.29. The number of nitrogens with zero attached hydrogens (tertiary/aromatic N) is 1. The summed E-state index contributed by atoms with van der Waals surface area (Å²) in [5, 5.41) is 3.76. The number of benzene rings is 1. The van der Waals surface area contributed by atoms with Crippen LogP contribution in [0.3, 0.4) is 0 Å². The molecule has 1 aromatic carbocycles. The van der Waals surface area contributed by atoms with E-state index in [0.29, 0.717) is 11.6 Å². The van der Waals surface area contributed by atoms with Crippen molar-refractivity contribution in [2.24, 2.45) is 5.92 Å². The summed E-state index contributed by atoms with van der Waals surface area (Å²) in [7, 11) is 0. The molecule has 1 aliphatic carbocycles. The third-order valence-corrected chi connectivity index (χ3v) is 5.41. The van der Waals surface area contributed by atoms with E-state index in [1.165, 1.54) is 18.4 Å². The number of halogens is 1. The van der Waals surface area contributed by atoms with Gasteiger partial charge in [0, 0.05) is 31.2 Å². The van der Waals surface area contributed by atoms with Crippen LogP contribution in [0.2, 0.25) is 0 Å². The number of rotatable bonds is 4. The van der Waals surface area contributed by atoms with Crippen molar-refractivity contribution in [3.63, 3.8) is 0 Å². The zero-order chi connectivity index (χ0) is 15.0. The average Bonchev–Trinajstić information content (AvgIpc) is 3.26. The topological polar surface area (TPSA) is 15.3 Å². The molecule has 21 heavy (non-hydrogen) atoms. The summed E-state index contributed by atoms with van der Waals surface area (Å²) in [6.45, 7) is 9.98. The van der Waals surface area contributed by atoms with E-state index in [2.05, 4.69) is 24.1 Å². The molecule has 1 saturated heterocycles. The molecule has 2 unspecified atom stereocenters. The van der Waals surface area contributed by atoms with E-state index in [-0.39, 0.29) is 5.82 Å². The minimum Gasteiger partial charge on any atom is -0.308 e. The molecule has 2 aliphatic rings. The molecule has 1 saturated carbocycles. The monoisotopic (exact) mass is 290 g/mol. The first-order valence-corrected chi connectivity index (χ1v) is 8.22. The largest absolute Gasteiger partial charge is 0.308 e. The zero-order valence-electron chi connectivity index (χ0n) is 13.5. The van der Waals surface area contributed by atoms with E-state index in [4.69, 9.17) is 0 Å². The maximum Gasteiger partial charge on any atom is 0.123 e. The molecule has 2 nitrogen and oxygen atoms in total. The molecular weight excluding hydrogens is 263 g/mol. The smallest absolute Gasteiger partial charge is 0.123 e. The summed E-state index contributed by atoms with van der Waals surface area (Å²) >= 11 is 0. The quantitative estimate of drug-likeness (QED) is 0.916. The summed E-state index contributed by atoms with van der Waals surface area (Å²) in [4.78, 5) is 2.61. The lowest BCUT2D eigenvalue weighted by Crippen LogP contribution is -2.63. The molecule has 0 radical (unpaired) electrons. The van der Waals surface area contributed by atoms with E-state index >= 15 is 0 Å². The van der Waals surface area contributed by atoms with E-state index in [0.717, 1.165) is 37.5 Å². The van der Waals surface area contributed by atoms with Crippen LogP contribution in [0, 0.1) is 18.7 Å². The molecule has 2 atom stereocenters. The van der Waals surface area contributed by atoms with E-state index in [1.54, 1.807) is 12.1 Å². The van der Waals surface area contributed by atoms with Gasteiger partial charge >= 0.3 is 0 Å². The zero-order valence-corrected chi connectivity index (χ0v) is 13.5. The second-order valence-corrected chi connectivity index (χ2v) is 7.21. The number of hydrogen-bond acceptors (Lipinski definition) is 2. The second kappa shape index (κ2) is 5.69. The molecule has 1 aromatic rings. The number of piperazine rings is 1. The molecule has 3 rings (SSSR count). The number of nitrogens with one attached hydrogen (secondary N) is 1. The molecule has 116 valence electrons. The van der Waals surface area contributed by atoms with Crippen molar-refractivity contribution in [3.05, 3.63) is 35.1 Å². The molecule has 1 heterocycles. The Morgan fingerprint density at radius 3 is 2.81 bits per heavy atom. The first kappa shape index (κ1) is 15.0. The Labute approximate surface area is 127 Å². The number of hydrogen-bond donors (Lipinski definition) is 1. The Bertz CT molecular complexity index is 512. The molecular formula is C18H27FN2. The summed E-state index contributed by atoms with van der Waals surface area (Å²) in [6, 6.07) is 5.75. The highest BCUT2D eigenvalue weighted by Gasteiger charge is 2.45. The molecule has 1 aliphatic heterocycles. The van der Waals surface area contributed by atoms with Crippen LogP contribution in [-0.2, 0) is 6.42 Å². The predicted molar refractivity (Wildman–Crippen MR) is 85.0 cm³/mol. The highest BCUT2D eigenvalue weighted by atomic mass is 19.1. The second-order valence-electron chi connectivity index (χ2n) is 7.21. The molecule has 0 aromatic heterocycles. The van der Waals surface area contributed by atoms with Gasteiger partial charge in [0.1, 0.15) is 5.82 Å². The van der Waals surface area contributed by atoms with Crippen molar-refractivity contribution in [3.8, 4) is 0 Å². The van der Waals surface area contributed by atoms with Gasteiger partial charge in [0.05, 0.1) is 0 Å². The van der Waals surface area contributed by atoms with Crippen LogP contribution >= 0.6 is 0 Å². The minimum absolute atomic E-state index is 0.131. The fourth-order valence-corrected chi connectivity index (χ4v) is 3.64. The van der Waals surface area contributed by atoms with Crippen LogP contribution in [0.1, 0.15) is 37.8 Å². The minimum atomic E-state index is -0.131. The maximum atomic E-state index is 13.2. The van der Waals surface area contributed by atoms with Crippen molar-refractivity contribution < 1.29 is 4.39 Å². The Morgan fingerprint density at radius 1 is 1.38 bits per heavy atom. The highest BCUT2D eigenvalue weighted by molar-refractivity contribution is 5.26. The molecule has 1 N–H and O–H groups in total. The fourth-order valence-electron chi connectivity index (χ4n) is 3.64. The third-order valence-electron chi connectivity index (χ3n) is 5.41. The lowest BCUT2D eigenvalue weighted by molar-refractivity contribution is 0.0844. The van der Waals surface area contributed by atoms with Crippen LogP contribution < -0.4 is 5.32 Å². The van der Waals surface area contributed by atoms with Crippen molar-refractivity contribution in [2.75, 3.05) is 19.6 Å². The molecule has 0 spiro atoms. The van der Waals surface area contributed by atoms with Gasteiger partial charge in [-0.25, -0.2) is 4.39 Å². The lowest BCUT2D eigenvalue weighted by Gasteiger charge is -2.45. The van der Waals surface area contributed by atoms with Crippen LogP contribution in [0.5, 0.6) is 0 Å². The molecule has 0 amide bonds. The average molecular weight is 290 g/mol. The van der Waals surface area contributed by atoms with Crippen LogP contribution in [0.15, 0.2) is 18.2 Å². The van der Waals surface area contributed by atoms with Gasteiger partial charge in [0.15, 0.2) is 0 Å². The highest BCUT2D eigenvalue weighted by Crippen LogP contribution is 2.41. The Hall–Kier alpha value is -0.930. The summed E-state index contributed by atoms with van der Waals surface area (Å²) < 4.78 is 13.2. The Kier molecular flexibility index (Phi) is 4.06. The Balaban J connectivity index is 1.63. The SMILES string of the molecule is Cc1cc(F)ccc1CCN1CC(C)(C2CC2)NCC1C. The first-order chi connectivity index (χ1) is 9.98.